The largest absolute Gasteiger partial charge is 0.317 e. The van der Waals surface area contributed by atoms with Crippen molar-refractivity contribution in [3.63, 3.8) is 0 Å². The Balaban J connectivity index is 2.09. The fourth-order valence-electron chi connectivity index (χ4n) is 1.56. The summed E-state index contributed by atoms with van der Waals surface area (Å²) in [6, 6.07) is 0. The van der Waals surface area contributed by atoms with Crippen LogP contribution >= 0.6 is 0 Å². The number of rotatable bonds is 2. The van der Waals surface area contributed by atoms with E-state index < -0.39 is 16.6 Å². The molecule has 1 aliphatic rings. The molecule has 15 heavy (non-hydrogen) atoms. The van der Waals surface area contributed by atoms with Gasteiger partial charge in [0.25, 0.3) is 0 Å². The van der Waals surface area contributed by atoms with Crippen LogP contribution in [0.4, 0.5) is 4.39 Å². The molecule has 6 heteroatoms. The number of nitrogens with zero attached hydrogens (tertiary/aromatic N) is 2. The summed E-state index contributed by atoms with van der Waals surface area (Å²) in [5.41, 5.74) is 0. The van der Waals surface area contributed by atoms with Gasteiger partial charge in [-0.2, -0.15) is 0 Å². The lowest BCUT2D eigenvalue weighted by Gasteiger charge is -2.20. The molecule has 1 aliphatic heterocycles. The van der Waals surface area contributed by atoms with Gasteiger partial charge in [0.2, 0.25) is 5.16 Å². The fourth-order valence-corrected chi connectivity index (χ4v) is 2.84. The maximum absolute atomic E-state index is 12.6. The molecule has 2 heterocycles. The van der Waals surface area contributed by atoms with Crippen LogP contribution in [-0.4, -0.2) is 32.5 Å². The Morgan fingerprint density at radius 3 is 2.53 bits per heavy atom. The van der Waals surface area contributed by atoms with Gasteiger partial charge in [-0.15, -0.1) is 0 Å². The van der Waals surface area contributed by atoms with Crippen LogP contribution in [0.1, 0.15) is 12.8 Å². The Labute approximate surface area is 89.8 Å². The molecule has 0 saturated carbocycles. The van der Waals surface area contributed by atoms with Gasteiger partial charge in [0.15, 0.2) is 5.82 Å². The number of hydrogen-bond donors (Lipinski definition) is 1. The maximum Gasteiger partial charge on any atom is 0.218 e. The second-order valence-electron chi connectivity index (χ2n) is 3.43. The van der Waals surface area contributed by atoms with Crippen molar-refractivity contribution in [3.05, 3.63) is 18.2 Å². The van der Waals surface area contributed by atoms with E-state index in [-0.39, 0.29) is 10.4 Å². The zero-order chi connectivity index (χ0) is 10.7. The number of aromatic nitrogens is 2. The van der Waals surface area contributed by atoms with Gasteiger partial charge in [-0.25, -0.2) is 14.4 Å². The highest BCUT2D eigenvalue weighted by Crippen LogP contribution is 2.14. The van der Waals surface area contributed by atoms with Crippen LogP contribution in [0.2, 0.25) is 0 Å². The molecule has 2 rings (SSSR count). The molecule has 1 N–H and O–H groups in total. The van der Waals surface area contributed by atoms with Crippen LogP contribution in [-0.2, 0) is 10.8 Å². The van der Waals surface area contributed by atoms with Crippen molar-refractivity contribution in [1.29, 1.82) is 0 Å². The highest BCUT2D eigenvalue weighted by molar-refractivity contribution is 7.85. The van der Waals surface area contributed by atoms with Gasteiger partial charge in [0, 0.05) is 5.25 Å². The average molecular weight is 229 g/mol. The third-order valence-corrected chi connectivity index (χ3v) is 4.01. The Kier molecular flexibility index (Phi) is 3.37. The number of halogens is 1. The van der Waals surface area contributed by atoms with E-state index in [9.17, 15) is 8.60 Å². The van der Waals surface area contributed by atoms with Gasteiger partial charge in [-0.3, -0.25) is 4.21 Å². The summed E-state index contributed by atoms with van der Waals surface area (Å²) in [5.74, 6) is -0.499. The lowest BCUT2D eigenvalue weighted by molar-refractivity contribution is 0.517. The Morgan fingerprint density at radius 2 is 1.93 bits per heavy atom. The summed E-state index contributed by atoms with van der Waals surface area (Å²) >= 11 is 0. The van der Waals surface area contributed by atoms with Gasteiger partial charge in [-0.1, -0.05) is 0 Å². The normalized spacial score (nSPS) is 20.1. The summed E-state index contributed by atoms with van der Waals surface area (Å²) in [6.45, 7) is 1.75. The smallest absolute Gasteiger partial charge is 0.218 e. The molecule has 0 amide bonds. The van der Waals surface area contributed by atoms with E-state index in [4.69, 9.17) is 0 Å². The van der Waals surface area contributed by atoms with Crippen molar-refractivity contribution < 1.29 is 8.60 Å². The first-order valence-electron chi connectivity index (χ1n) is 4.86. The summed E-state index contributed by atoms with van der Waals surface area (Å²) in [4.78, 5) is 7.49. The predicted octanol–water partition coefficient (Wildman–Crippen LogP) is 0.475. The molecular formula is C9H12FN3OS. The molecule has 0 spiro atoms. The predicted molar refractivity (Wildman–Crippen MR) is 54.3 cm³/mol. The van der Waals surface area contributed by atoms with Crippen molar-refractivity contribution in [2.24, 2.45) is 0 Å². The molecule has 1 aromatic heterocycles. The quantitative estimate of drug-likeness (QED) is 0.749. The first kappa shape index (κ1) is 10.6. The van der Waals surface area contributed by atoms with Gasteiger partial charge in [-0.05, 0) is 25.9 Å². The third kappa shape index (κ3) is 2.57. The zero-order valence-corrected chi connectivity index (χ0v) is 8.97. The van der Waals surface area contributed by atoms with Crippen LogP contribution in [0.15, 0.2) is 17.6 Å². The number of nitrogens with one attached hydrogen (secondary N) is 1. The molecule has 4 nitrogen and oxygen atoms in total. The van der Waals surface area contributed by atoms with E-state index >= 15 is 0 Å². The minimum Gasteiger partial charge on any atom is -0.317 e. The molecule has 0 radical (unpaired) electrons. The molecule has 0 aliphatic carbocycles. The van der Waals surface area contributed by atoms with Gasteiger partial charge in [0.05, 0.1) is 23.2 Å². The van der Waals surface area contributed by atoms with Crippen molar-refractivity contribution in [3.8, 4) is 0 Å². The van der Waals surface area contributed by atoms with Gasteiger partial charge in [0.1, 0.15) is 0 Å². The maximum atomic E-state index is 12.6. The SMILES string of the molecule is O=S(c1ncc(F)cn1)C1CCNCC1. The summed E-state index contributed by atoms with van der Waals surface area (Å²) < 4.78 is 24.5. The zero-order valence-electron chi connectivity index (χ0n) is 8.15. The standard InChI is InChI=1S/C9H12FN3OS/c10-7-5-12-9(13-6-7)15(14)8-1-3-11-4-2-8/h5-6,8,11H,1-4H2. The van der Waals surface area contributed by atoms with E-state index in [0.717, 1.165) is 38.3 Å². The first-order valence-corrected chi connectivity index (χ1v) is 6.07. The van der Waals surface area contributed by atoms with Crippen molar-refractivity contribution in [1.82, 2.24) is 15.3 Å². The third-order valence-electron chi connectivity index (χ3n) is 2.37. The van der Waals surface area contributed by atoms with Crippen LogP contribution in [0.3, 0.4) is 0 Å². The fraction of sp³-hybridized carbons (Fsp3) is 0.556. The molecule has 0 bridgehead atoms. The van der Waals surface area contributed by atoms with Crippen molar-refractivity contribution in [2.75, 3.05) is 13.1 Å². The molecule has 1 aromatic rings. The second kappa shape index (κ2) is 4.76. The summed E-state index contributed by atoms with van der Waals surface area (Å²) in [5, 5.41) is 3.53. The van der Waals surface area contributed by atoms with Crippen LogP contribution in [0.5, 0.6) is 0 Å². The van der Waals surface area contributed by atoms with E-state index in [1.54, 1.807) is 0 Å². The van der Waals surface area contributed by atoms with E-state index in [2.05, 4.69) is 15.3 Å². The Morgan fingerprint density at radius 1 is 1.33 bits per heavy atom. The molecule has 1 atom stereocenters. The minimum absolute atomic E-state index is 0.0942. The first-order chi connectivity index (χ1) is 7.27. The van der Waals surface area contributed by atoms with Gasteiger partial charge >= 0.3 is 0 Å². The molecular weight excluding hydrogens is 217 g/mol. The van der Waals surface area contributed by atoms with Crippen LogP contribution in [0, 0.1) is 5.82 Å². The molecule has 1 unspecified atom stereocenters. The molecule has 82 valence electrons. The topological polar surface area (TPSA) is 54.9 Å². The average Bonchev–Trinajstić information content (AvgIpc) is 2.30. The van der Waals surface area contributed by atoms with E-state index in [0.29, 0.717) is 0 Å². The van der Waals surface area contributed by atoms with E-state index in [1.165, 1.54) is 0 Å². The molecule has 1 saturated heterocycles. The Bertz CT molecular complexity index is 351. The lowest BCUT2D eigenvalue weighted by atomic mass is 10.2. The van der Waals surface area contributed by atoms with E-state index in [1.807, 2.05) is 0 Å². The molecule has 0 aromatic carbocycles. The van der Waals surface area contributed by atoms with Crippen molar-refractivity contribution in [2.45, 2.75) is 23.2 Å². The van der Waals surface area contributed by atoms with Crippen LogP contribution in [0.25, 0.3) is 0 Å². The van der Waals surface area contributed by atoms with Crippen molar-refractivity contribution >= 4 is 10.8 Å². The van der Waals surface area contributed by atoms with Gasteiger partial charge < -0.3 is 5.32 Å². The second-order valence-corrected chi connectivity index (χ2v) is 5.06. The monoisotopic (exact) mass is 229 g/mol. The lowest BCUT2D eigenvalue weighted by Crippen LogP contribution is -2.33. The summed E-state index contributed by atoms with van der Waals surface area (Å²) in [7, 11) is -1.21. The number of piperidine rings is 1. The Hall–Kier alpha value is -0.880. The summed E-state index contributed by atoms with van der Waals surface area (Å²) in [6.07, 6.45) is 3.82. The minimum atomic E-state index is -1.21. The highest BCUT2D eigenvalue weighted by atomic mass is 32.2. The molecule has 1 fully saturated rings. The highest BCUT2D eigenvalue weighted by Gasteiger charge is 2.22. The van der Waals surface area contributed by atoms with Crippen LogP contribution < -0.4 is 5.32 Å². The number of hydrogen-bond acceptors (Lipinski definition) is 4.